The zero-order valence-electron chi connectivity index (χ0n) is 19.4. The van der Waals surface area contributed by atoms with Gasteiger partial charge in [0.25, 0.3) is 0 Å². The van der Waals surface area contributed by atoms with Gasteiger partial charge in [0.05, 0.1) is 35.1 Å². The molecule has 4 aromatic heterocycles. The highest BCUT2D eigenvalue weighted by Gasteiger charge is 2.24. The maximum absolute atomic E-state index is 9.86. The lowest BCUT2D eigenvalue weighted by Gasteiger charge is -2.28. The number of nitrogens with zero attached hydrogens (tertiary/aromatic N) is 7. The number of β-amino-alcohol motifs (C(OH)–C–C–N with tert-alkyl or cyclic N) is 1. The molecule has 11 heteroatoms. The lowest BCUT2D eigenvalue weighted by Crippen LogP contribution is -2.36. The molecule has 2 aliphatic rings. The van der Waals surface area contributed by atoms with Gasteiger partial charge in [-0.05, 0) is 31.0 Å². The van der Waals surface area contributed by atoms with Gasteiger partial charge in [-0.3, -0.25) is 0 Å². The van der Waals surface area contributed by atoms with Gasteiger partial charge in [-0.25, -0.2) is 24.9 Å². The number of morpholine rings is 1. The molecule has 0 radical (unpaired) electrons. The number of thiophene rings is 1. The molecule has 6 heterocycles. The number of anilines is 3. The molecule has 180 valence electrons. The number of ether oxygens (including phenoxy) is 1. The van der Waals surface area contributed by atoms with E-state index in [0.29, 0.717) is 25.6 Å². The van der Waals surface area contributed by atoms with Crippen LogP contribution in [0.2, 0.25) is 0 Å². The molecule has 0 unspecified atom stereocenters. The van der Waals surface area contributed by atoms with Gasteiger partial charge in [-0.2, -0.15) is 0 Å². The molecule has 0 saturated carbocycles. The van der Waals surface area contributed by atoms with Crippen molar-refractivity contribution in [2.24, 2.45) is 0 Å². The molecule has 4 aromatic rings. The number of nitrogens with two attached hydrogens (primary N) is 1. The number of aliphatic hydroxyl groups is 1. The summed E-state index contributed by atoms with van der Waals surface area (Å²) < 4.78 is 6.62. The molecule has 2 fully saturated rings. The Morgan fingerprint density at radius 1 is 1.00 bits per heavy atom. The molecule has 0 aliphatic carbocycles. The van der Waals surface area contributed by atoms with Gasteiger partial charge in [-0.1, -0.05) is 0 Å². The van der Waals surface area contributed by atoms with Crippen molar-refractivity contribution in [3.63, 3.8) is 0 Å². The fourth-order valence-electron chi connectivity index (χ4n) is 4.58. The second-order valence-electron chi connectivity index (χ2n) is 8.83. The Labute approximate surface area is 206 Å². The molecule has 2 saturated heterocycles. The Bertz CT molecular complexity index is 1350. The second-order valence-corrected chi connectivity index (χ2v) is 9.85. The first-order valence-corrected chi connectivity index (χ1v) is 12.5. The minimum atomic E-state index is -0.279. The van der Waals surface area contributed by atoms with Gasteiger partial charge in [-0.15, -0.1) is 11.3 Å². The SMILES string of the molecule is Cc1c(-c2ccc(N3CC[C@@H](O)C3)nc2)sc2c(N3CCOCC3)nc(-c3cnc(N)nc3)nc12. The normalized spacial score (nSPS) is 18.5. The highest BCUT2D eigenvalue weighted by molar-refractivity contribution is 7.23. The fourth-order valence-corrected chi connectivity index (χ4v) is 5.83. The number of rotatable bonds is 4. The Morgan fingerprint density at radius 3 is 2.46 bits per heavy atom. The molecule has 1 atom stereocenters. The van der Waals surface area contributed by atoms with Crippen LogP contribution < -0.4 is 15.5 Å². The van der Waals surface area contributed by atoms with Crippen LogP contribution in [0.25, 0.3) is 32.0 Å². The topological polar surface area (TPSA) is 126 Å². The summed E-state index contributed by atoms with van der Waals surface area (Å²) in [6.07, 6.45) is 5.73. The Hall–Kier alpha value is -3.41. The minimum absolute atomic E-state index is 0.219. The van der Waals surface area contributed by atoms with E-state index in [4.69, 9.17) is 25.4 Å². The summed E-state index contributed by atoms with van der Waals surface area (Å²) in [5, 5.41) is 9.86. The Morgan fingerprint density at radius 2 is 1.77 bits per heavy atom. The van der Waals surface area contributed by atoms with Crippen molar-refractivity contribution in [1.29, 1.82) is 0 Å². The van der Waals surface area contributed by atoms with E-state index in [1.165, 1.54) is 0 Å². The zero-order valence-corrected chi connectivity index (χ0v) is 20.2. The van der Waals surface area contributed by atoms with Crippen LogP contribution in [0.4, 0.5) is 17.6 Å². The van der Waals surface area contributed by atoms with E-state index in [0.717, 1.165) is 69.5 Å². The average Bonchev–Trinajstić information content (AvgIpc) is 3.48. The summed E-state index contributed by atoms with van der Waals surface area (Å²) in [5.41, 5.74) is 9.46. The summed E-state index contributed by atoms with van der Waals surface area (Å²) in [6, 6.07) is 4.13. The smallest absolute Gasteiger partial charge is 0.219 e. The predicted octanol–water partition coefficient (Wildman–Crippen LogP) is 2.51. The van der Waals surface area contributed by atoms with Crippen molar-refractivity contribution in [3.8, 4) is 21.8 Å². The average molecular weight is 491 g/mol. The minimum Gasteiger partial charge on any atom is -0.391 e. The zero-order chi connectivity index (χ0) is 23.9. The first kappa shape index (κ1) is 22.1. The monoisotopic (exact) mass is 490 g/mol. The number of aryl methyl sites for hydroxylation is 1. The van der Waals surface area contributed by atoms with Crippen LogP contribution in [0.5, 0.6) is 0 Å². The maximum Gasteiger partial charge on any atom is 0.219 e. The number of pyridine rings is 1. The molecule has 2 aliphatic heterocycles. The largest absolute Gasteiger partial charge is 0.391 e. The van der Waals surface area contributed by atoms with Gasteiger partial charge < -0.3 is 25.4 Å². The number of aliphatic hydroxyl groups excluding tert-OH is 1. The van der Waals surface area contributed by atoms with Crippen molar-refractivity contribution in [1.82, 2.24) is 24.9 Å². The highest BCUT2D eigenvalue weighted by atomic mass is 32.1. The van der Waals surface area contributed by atoms with E-state index in [2.05, 4.69) is 32.8 Å². The number of fused-ring (bicyclic) bond motifs is 1. The van der Waals surface area contributed by atoms with E-state index in [9.17, 15) is 5.11 Å². The third-order valence-electron chi connectivity index (χ3n) is 6.49. The number of aromatic nitrogens is 5. The first-order valence-electron chi connectivity index (χ1n) is 11.7. The summed E-state index contributed by atoms with van der Waals surface area (Å²) in [5.74, 6) is 2.59. The molecule has 0 spiro atoms. The van der Waals surface area contributed by atoms with Crippen molar-refractivity contribution in [3.05, 3.63) is 36.3 Å². The van der Waals surface area contributed by atoms with Crippen LogP contribution in [-0.4, -0.2) is 75.5 Å². The molecule has 6 rings (SSSR count). The van der Waals surface area contributed by atoms with E-state index in [1.54, 1.807) is 23.7 Å². The molecular weight excluding hydrogens is 464 g/mol. The first-order chi connectivity index (χ1) is 17.1. The van der Waals surface area contributed by atoms with Crippen LogP contribution in [0.15, 0.2) is 30.7 Å². The van der Waals surface area contributed by atoms with Crippen molar-refractivity contribution >= 4 is 39.1 Å². The number of hydrogen-bond donors (Lipinski definition) is 2. The lowest BCUT2D eigenvalue weighted by atomic mass is 10.1. The number of nitrogen functional groups attached to an aromatic ring is 1. The number of hydrogen-bond acceptors (Lipinski definition) is 11. The third kappa shape index (κ3) is 4.15. The van der Waals surface area contributed by atoms with Gasteiger partial charge in [0.2, 0.25) is 5.95 Å². The summed E-state index contributed by atoms with van der Waals surface area (Å²) in [6.45, 7) is 6.43. The molecular formula is C24H26N8O2S. The van der Waals surface area contributed by atoms with E-state index < -0.39 is 0 Å². The van der Waals surface area contributed by atoms with Crippen molar-refractivity contribution in [2.75, 3.05) is 54.9 Å². The molecule has 3 N–H and O–H groups in total. The molecule has 35 heavy (non-hydrogen) atoms. The van der Waals surface area contributed by atoms with Gasteiger partial charge in [0, 0.05) is 55.2 Å². The van der Waals surface area contributed by atoms with Gasteiger partial charge in [0.1, 0.15) is 5.82 Å². The summed E-state index contributed by atoms with van der Waals surface area (Å²) >= 11 is 1.69. The Kier molecular flexibility index (Phi) is 5.67. The highest BCUT2D eigenvalue weighted by Crippen LogP contribution is 2.42. The summed E-state index contributed by atoms with van der Waals surface area (Å²) in [4.78, 5) is 28.3. The van der Waals surface area contributed by atoms with Crippen LogP contribution in [0, 0.1) is 6.92 Å². The quantitative estimate of drug-likeness (QED) is 0.440. The second kappa shape index (κ2) is 8.99. The predicted molar refractivity (Wildman–Crippen MR) is 137 cm³/mol. The summed E-state index contributed by atoms with van der Waals surface area (Å²) in [7, 11) is 0. The fraction of sp³-hybridized carbons (Fsp3) is 0.375. The molecule has 0 amide bonds. The van der Waals surface area contributed by atoms with E-state index >= 15 is 0 Å². The van der Waals surface area contributed by atoms with Crippen LogP contribution in [0.3, 0.4) is 0 Å². The van der Waals surface area contributed by atoms with Crippen LogP contribution >= 0.6 is 11.3 Å². The van der Waals surface area contributed by atoms with E-state index in [1.807, 2.05) is 12.3 Å². The van der Waals surface area contributed by atoms with Crippen LogP contribution in [0.1, 0.15) is 12.0 Å². The molecule has 0 aromatic carbocycles. The van der Waals surface area contributed by atoms with Crippen molar-refractivity contribution in [2.45, 2.75) is 19.4 Å². The lowest BCUT2D eigenvalue weighted by molar-refractivity contribution is 0.122. The Balaban J connectivity index is 1.44. The van der Waals surface area contributed by atoms with Gasteiger partial charge >= 0.3 is 0 Å². The van der Waals surface area contributed by atoms with E-state index in [-0.39, 0.29) is 12.1 Å². The third-order valence-corrected chi connectivity index (χ3v) is 7.81. The standard InChI is InChI=1S/C24H26N8O2S/c1-14-19-21(35-20(14)15-2-3-18(26-10-15)32-5-4-17(33)13-32)23(31-6-8-34-9-7-31)30-22(29-19)16-11-27-24(25)28-12-16/h2-3,10-12,17,33H,4-9,13H2,1H3,(H2,25,27,28)/t17-/m1/s1. The van der Waals surface area contributed by atoms with Gasteiger partial charge in [0.15, 0.2) is 11.6 Å². The molecule has 10 nitrogen and oxygen atoms in total. The maximum atomic E-state index is 9.86. The van der Waals surface area contributed by atoms with Crippen molar-refractivity contribution < 1.29 is 9.84 Å². The molecule has 0 bridgehead atoms. The van der Waals surface area contributed by atoms with Crippen LogP contribution in [-0.2, 0) is 4.74 Å².